The summed E-state index contributed by atoms with van der Waals surface area (Å²) in [4.78, 5) is 13.0. The maximum atomic E-state index is 13.0. The van der Waals surface area contributed by atoms with Crippen LogP contribution in [0.4, 0.5) is 0 Å². The van der Waals surface area contributed by atoms with E-state index in [0.29, 0.717) is 41.2 Å². The average molecular weight is 458 g/mol. The van der Waals surface area contributed by atoms with Gasteiger partial charge >= 0.3 is 0 Å². The second-order valence-corrected chi connectivity index (χ2v) is 7.92. The van der Waals surface area contributed by atoms with Gasteiger partial charge in [0.1, 0.15) is 0 Å². The highest BCUT2D eigenvalue weighted by molar-refractivity contribution is 7.80. The monoisotopic (exact) mass is 457 g/mol. The number of rotatable bonds is 7. The molecule has 2 aromatic rings. The molecule has 2 heterocycles. The molecular weight excluding hydrogens is 430 g/mol. The number of amides is 1. The first kappa shape index (κ1) is 22.0. The Morgan fingerprint density at radius 3 is 2.56 bits per heavy atom. The smallest absolute Gasteiger partial charge is 0.245 e. The van der Waals surface area contributed by atoms with Crippen molar-refractivity contribution in [2.24, 2.45) is 0 Å². The minimum absolute atomic E-state index is 0.00501. The van der Waals surface area contributed by atoms with E-state index in [-0.39, 0.29) is 19.1 Å². The van der Waals surface area contributed by atoms with Gasteiger partial charge < -0.3 is 24.3 Å². The first-order valence-electron chi connectivity index (χ1n) is 10.5. The van der Waals surface area contributed by atoms with Gasteiger partial charge in [-0.2, -0.15) is 0 Å². The molecule has 0 radical (unpaired) electrons. The lowest BCUT2D eigenvalue weighted by atomic mass is 10.1. The van der Waals surface area contributed by atoms with Crippen LogP contribution in [0, 0.1) is 0 Å². The summed E-state index contributed by atoms with van der Waals surface area (Å²) in [5.74, 6) is 2.80. The van der Waals surface area contributed by atoms with E-state index in [2.05, 4.69) is 5.32 Å². The van der Waals surface area contributed by atoms with Gasteiger partial charge in [-0.3, -0.25) is 14.8 Å². The number of nitrogens with one attached hydrogen (secondary N) is 1. The van der Waals surface area contributed by atoms with Gasteiger partial charge in [-0.25, -0.2) is 0 Å². The molecule has 8 nitrogen and oxygen atoms in total. The fraction of sp³-hybridized carbons (Fsp3) is 0.391. The molecule has 32 heavy (non-hydrogen) atoms. The standard InChI is InChI=1S/C23H27N3O5S/c1-28-18-6-4-16(12-20(18)29-2)8-9-24-23(32)26-11-3-10-25(26)22(27)14-17-5-7-19-21(13-17)31-15-30-19/h4-7,12-13H,3,8-11,14-15H2,1-2H3,(H,24,32). The van der Waals surface area contributed by atoms with Crippen LogP contribution >= 0.6 is 12.2 Å². The maximum absolute atomic E-state index is 13.0. The van der Waals surface area contributed by atoms with Gasteiger partial charge in [-0.1, -0.05) is 12.1 Å². The lowest BCUT2D eigenvalue weighted by Gasteiger charge is -2.30. The second-order valence-electron chi connectivity index (χ2n) is 7.53. The highest BCUT2D eigenvalue weighted by Crippen LogP contribution is 2.33. The molecule has 1 amide bonds. The van der Waals surface area contributed by atoms with Crippen LogP contribution in [0.2, 0.25) is 0 Å². The van der Waals surface area contributed by atoms with Crippen LogP contribution in [0.3, 0.4) is 0 Å². The molecule has 1 N–H and O–H groups in total. The normalized spacial score (nSPS) is 14.4. The van der Waals surface area contributed by atoms with Gasteiger partial charge in [0.2, 0.25) is 12.7 Å². The third-order valence-corrected chi connectivity index (χ3v) is 5.84. The van der Waals surface area contributed by atoms with Gasteiger partial charge in [0, 0.05) is 19.6 Å². The van der Waals surface area contributed by atoms with E-state index in [1.54, 1.807) is 19.2 Å². The number of fused-ring (bicyclic) bond motifs is 1. The van der Waals surface area contributed by atoms with Crippen molar-refractivity contribution in [3.8, 4) is 23.0 Å². The number of thiocarbonyl (C=S) groups is 1. The summed E-state index contributed by atoms with van der Waals surface area (Å²) in [5, 5.41) is 7.43. The number of benzene rings is 2. The van der Waals surface area contributed by atoms with Crippen LogP contribution < -0.4 is 24.3 Å². The molecule has 4 rings (SSSR count). The number of methoxy groups -OCH3 is 2. The highest BCUT2D eigenvalue weighted by atomic mass is 32.1. The zero-order valence-corrected chi connectivity index (χ0v) is 19.1. The minimum atomic E-state index is 0.00501. The van der Waals surface area contributed by atoms with Crippen molar-refractivity contribution in [1.29, 1.82) is 0 Å². The van der Waals surface area contributed by atoms with Gasteiger partial charge in [-0.05, 0) is 60.5 Å². The highest BCUT2D eigenvalue weighted by Gasteiger charge is 2.29. The fourth-order valence-electron chi connectivity index (χ4n) is 3.84. The lowest BCUT2D eigenvalue weighted by molar-refractivity contribution is -0.138. The summed E-state index contributed by atoms with van der Waals surface area (Å²) in [7, 11) is 3.24. The minimum Gasteiger partial charge on any atom is -0.493 e. The number of carbonyl (C=O) groups is 1. The molecule has 9 heteroatoms. The zero-order valence-electron chi connectivity index (χ0n) is 18.3. The molecule has 1 saturated heterocycles. The molecule has 0 bridgehead atoms. The van der Waals surface area contributed by atoms with Gasteiger partial charge in [0.05, 0.1) is 20.6 Å². The van der Waals surface area contributed by atoms with Crippen molar-refractivity contribution in [1.82, 2.24) is 15.3 Å². The van der Waals surface area contributed by atoms with Crippen LogP contribution in [0.25, 0.3) is 0 Å². The maximum Gasteiger partial charge on any atom is 0.245 e. The predicted molar refractivity (Wildman–Crippen MR) is 123 cm³/mol. The van der Waals surface area contributed by atoms with Crippen LogP contribution in [0.15, 0.2) is 36.4 Å². The van der Waals surface area contributed by atoms with E-state index in [1.807, 2.05) is 41.4 Å². The molecule has 2 aromatic carbocycles. The molecule has 170 valence electrons. The molecule has 0 atom stereocenters. The first-order chi connectivity index (χ1) is 15.6. The third kappa shape index (κ3) is 4.83. The first-order valence-corrected chi connectivity index (χ1v) is 10.9. The largest absolute Gasteiger partial charge is 0.493 e. The van der Waals surface area contributed by atoms with Crippen molar-refractivity contribution in [3.05, 3.63) is 47.5 Å². The van der Waals surface area contributed by atoms with Crippen molar-refractivity contribution >= 4 is 23.2 Å². The average Bonchev–Trinajstić information content (AvgIpc) is 3.48. The number of nitrogens with zero attached hydrogens (tertiary/aromatic N) is 2. The van der Waals surface area contributed by atoms with Crippen molar-refractivity contribution in [2.75, 3.05) is 40.6 Å². The molecule has 2 aliphatic rings. The molecular formula is C23H27N3O5S. The summed E-state index contributed by atoms with van der Waals surface area (Å²) < 4.78 is 21.4. The molecule has 0 saturated carbocycles. The van der Waals surface area contributed by atoms with Crippen molar-refractivity contribution < 1.29 is 23.7 Å². The summed E-state index contributed by atoms with van der Waals surface area (Å²) in [6.07, 6.45) is 1.92. The Hall–Kier alpha value is -3.20. The Balaban J connectivity index is 1.31. The number of hydrogen-bond donors (Lipinski definition) is 1. The third-order valence-electron chi connectivity index (χ3n) is 5.48. The van der Waals surface area contributed by atoms with Crippen LogP contribution in [0.5, 0.6) is 23.0 Å². The summed E-state index contributed by atoms with van der Waals surface area (Å²) >= 11 is 5.58. The molecule has 2 aliphatic heterocycles. The second kappa shape index (κ2) is 9.95. The van der Waals surface area contributed by atoms with E-state index in [9.17, 15) is 4.79 Å². The zero-order chi connectivity index (χ0) is 22.5. The van der Waals surface area contributed by atoms with E-state index in [4.69, 9.17) is 31.2 Å². The van der Waals surface area contributed by atoms with Crippen LogP contribution in [-0.2, 0) is 17.6 Å². The predicted octanol–water partition coefficient (Wildman–Crippen LogP) is 2.54. The van der Waals surface area contributed by atoms with E-state index in [0.717, 1.165) is 30.5 Å². The summed E-state index contributed by atoms with van der Waals surface area (Å²) in [6.45, 7) is 2.24. The molecule has 0 aromatic heterocycles. The van der Waals surface area contributed by atoms with Crippen LogP contribution in [0.1, 0.15) is 17.5 Å². The fourth-order valence-corrected chi connectivity index (χ4v) is 4.13. The van der Waals surface area contributed by atoms with E-state index >= 15 is 0 Å². The Bertz CT molecular complexity index is 1000. The number of carbonyl (C=O) groups excluding carboxylic acids is 1. The van der Waals surface area contributed by atoms with Crippen LogP contribution in [-0.4, -0.2) is 61.7 Å². The summed E-state index contributed by atoms with van der Waals surface area (Å²) in [5.41, 5.74) is 1.99. The molecule has 0 unspecified atom stereocenters. The lowest BCUT2D eigenvalue weighted by Crippen LogP contribution is -2.49. The van der Waals surface area contributed by atoms with Gasteiger partial charge in [0.25, 0.3) is 0 Å². The number of hydrazine groups is 1. The van der Waals surface area contributed by atoms with E-state index < -0.39 is 0 Å². The molecule has 0 aliphatic carbocycles. The molecule has 0 spiro atoms. The van der Waals surface area contributed by atoms with Gasteiger partial charge in [0.15, 0.2) is 28.1 Å². The van der Waals surface area contributed by atoms with E-state index in [1.165, 1.54) is 0 Å². The van der Waals surface area contributed by atoms with Crippen molar-refractivity contribution in [3.63, 3.8) is 0 Å². The summed E-state index contributed by atoms with van der Waals surface area (Å²) in [6, 6.07) is 11.5. The Morgan fingerprint density at radius 2 is 1.75 bits per heavy atom. The Kier molecular flexibility index (Phi) is 6.84. The SMILES string of the molecule is COc1ccc(CCNC(=S)N2CCCN2C(=O)Cc2ccc3c(c2)OCO3)cc1OC. The quantitative estimate of drug-likeness (QED) is 0.636. The Labute approximate surface area is 193 Å². The van der Waals surface area contributed by atoms with Crippen molar-refractivity contribution in [2.45, 2.75) is 19.3 Å². The molecule has 1 fully saturated rings. The van der Waals surface area contributed by atoms with Gasteiger partial charge in [-0.15, -0.1) is 0 Å². The number of hydrogen-bond acceptors (Lipinski definition) is 6. The number of ether oxygens (including phenoxy) is 4. The topological polar surface area (TPSA) is 72.5 Å². The Morgan fingerprint density at radius 1 is 1.00 bits per heavy atom.